The zero-order chi connectivity index (χ0) is 21.5. The summed E-state index contributed by atoms with van der Waals surface area (Å²) in [6.45, 7) is 0. The molecule has 0 radical (unpaired) electrons. The van der Waals surface area contributed by atoms with Crippen molar-refractivity contribution in [2.45, 2.75) is 6.04 Å². The Morgan fingerprint density at radius 1 is 0.710 bits per heavy atom. The van der Waals surface area contributed by atoms with E-state index in [0.717, 1.165) is 16.8 Å². The molecule has 4 rings (SSSR count). The predicted octanol–water partition coefficient (Wildman–Crippen LogP) is 5.03. The molecule has 0 amide bonds. The van der Waals surface area contributed by atoms with Gasteiger partial charge >= 0.3 is 5.69 Å². The molecule has 31 heavy (non-hydrogen) atoms. The van der Waals surface area contributed by atoms with Crippen molar-refractivity contribution in [1.29, 1.82) is 0 Å². The van der Waals surface area contributed by atoms with Crippen LogP contribution in [0.1, 0.15) is 17.2 Å². The number of para-hydroxylation sites is 1. The van der Waals surface area contributed by atoms with Crippen LogP contribution in [0.25, 0.3) is 0 Å². The molecule has 3 N–H and O–H groups in total. The first kappa shape index (κ1) is 19.8. The van der Waals surface area contributed by atoms with Crippen LogP contribution in [-0.2, 0) is 0 Å². The van der Waals surface area contributed by atoms with Gasteiger partial charge in [-0.3, -0.25) is 21.0 Å². The maximum Gasteiger partial charge on any atom is 0.354 e. The highest BCUT2D eigenvalue weighted by Gasteiger charge is 2.26. The van der Waals surface area contributed by atoms with E-state index < -0.39 is 4.92 Å². The third-order valence-corrected chi connectivity index (χ3v) is 4.65. The molecule has 1 aromatic heterocycles. The Morgan fingerprint density at radius 2 is 1.23 bits per heavy atom. The molecule has 0 aliphatic heterocycles. The first-order chi connectivity index (χ1) is 15.2. The number of anilines is 3. The van der Waals surface area contributed by atoms with E-state index in [1.165, 1.54) is 6.33 Å². The van der Waals surface area contributed by atoms with Gasteiger partial charge in [-0.25, -0.2) is 9.97 Å². The average molecular weight is 412 g/mol. The lowest BCUT2D eigenvalue weighted by Crippen LogP contribution is -2.17. The van der Waals surface area contributed by atoms with Gasteiger partial charge in [0.15, 0.2) is 0 Å². The van der Waals surface area contributed by atoms with Gasteiger partial charge in [0, 0.05) is 0 Å². The molecule has 0 saturated carbocycles. The third kappa shape index (κ3) is 4.76. The highest BCUT2D eigenvalue weighted by Crippen LogP contribution is 2.33. The second-order valence-corrected chi connectivity index (χ2v) is 6.69. The Balaban J connectivity index is 1.68. The average Bonchev–Trinajstić information content (AvgIpc) is 2.83. The highest BCUT2D eigenvalue weighted by atomic mass is 16.6. The van der Waals surface area contributed by atoms with Crippen molar-refractivity contribution in [2.24, 2.45) is 0 Å². The fourth-order valence-electron chi connectivity index (χ4n) is 3.19. The number of nitrogens with zero attached hydrogens (tertiary/aromatic N) is 3. The molecule has 0 spiro atoms. The third-order valence-electron chi connectivity index (χ3n) is 4.65. The van der Waals surface area contributed by atoms with Crippen molar-refractivity contribution in [2.75, 3.05) is 16.2 Å². The normalized spacial score (nSPS) is 10.5. The minimum atomic E-state index is -0.496. The molecular weight excluding hydrogens is 392 g/mol. The molecule has 0 aliphatic rings. The quantitative estimate of drug-likeness (QED) is 0.275. The van der Waals surface area contributed by atoms with Crippen LogP contribution in [0.4, 0.5) is 23.0 Å². The fourth-order valence-corrected chi connectivity index (χ4v) is 3.19. The number of nitrogens with one attached hydrogen (secondary N) is 3. The van der Waals surface area contributed by atoms with E-state index >= 15 is 0 Å². The monoisotopic (exact) mass is 412 g/mol. The molecule has 0 unspecified atom stereocenters. The lowest BCUT2D eigenvalue weighted by Gasteiger charge is -2.20. The number of rotatable bonds is 8. The minimum Gasteiger partial charge on any atom is -0.353 e. The van der Waals surface area contributed by atoms with E-state index in [0.29, 0.717) is 0 Å². The van der Waals surface area contributed by atoms with Gasteiger partial charge in [0.1, 0.15) is 6.33 Å². The van der Waals surface area contributed by atoms with Gasteiger partial charge in [0.2, 0.25) is 11.6 Å². The zero-order valence-electron chi connectivity index (χ0n) is 16.5. The van der Waals surface area contributed by atoms with Crippen LogP contribution < -0.4 is 16.2 Å². The molecule has 0 bridgehead atoms. The van der Waals surface area contributed by atoms with Crippen molar-refractivity contribution in [1.82, 2.24) is 9.97 Å². The molecular formula is C23H20N6O2. The Hall–Kier alpha value is -4.46. The maximum absolute atomic E-state index is 11.9. The maximum atomic E-state index is 11.9. The Bertz CT molecular complexity index is 1100. The molecule has 4 aromatic rings. The molecule has 0 saturated heterocycles. The molecule has 3 aromatic carbocycles. The molecule has 0 aliphatic carbocycles. The van der Waals surface area contributed by atoms with Crippen LogP contribution in [-0.4, -0.2) is 14.9 Å². The number of hydrogen-bond donors (Lipinski definition) is 3. The van der Waals surface area contributed by atoms with E-state index in [-0.39, 0.29) is 23.4 Å². The van der Waals surface area contributed by atoms with Gasteiger partial charge in [-0.1, -0.05) is 78.9 Å². The van der Waals surface area contributed by atoms with Gasteiger partial charge in [-0.05, 0) is 23.3 Å². The lowest BCUT2D eigenvalue weighted by atomic mass is 9.99. The summed E-state index contributed by atoms with van der Waals surface area (Å²) in [5.41, 5.74) is 8.16. The van der Waals surface area contributed by atoms with Crippen LogP contribution in [0.3, 0.4) is 0 Å². The summed E-state index contributed by atoms with van der Waals surface area (Å²) in [5, 5.41) is 15.2. The summed E-state index contributed by atoms with van der Waals surface area (Å²) in [7, 11) is 0. The smallest absolute Gasteiger partial charge is 0.353 e. The first-order valence-corrected chi connectivity index (χ1v) is 9.65. The van der Waals surface area contributed by atoms with Crippen molar-refractivity contribution in [3.63, 3.8) is 0 Å². The van der Waals surface area contributed by atoms with Crippen molar-refractivity contribution in [3.05, 3.63) is 119 Å². The van der Waals surface area contributed by atoms with Gasteiger partial charge in [0.05, 0.1) is 16.7 Å². The lowest BCUT2D eigenvalue weighted by molar-refractivity contribution is -0.383. The van der Waals surface area contributed by atoms with Crippen molar-refractivity contribution >= 4 is 23.0 Å². The Kier molecular flexibility index (Phi) is 5.99. The van der Waals surface area contributed by atoms with Crippen LogP contribution in [0, 0.1) is 10.1 Å². The van der Waals surface area contributed by atoms with E-state index in [1.807, 2.05) is 91.0 Å². The standard InChI is InChI=1S/C23H20N6O2/c30-29(31)21-22(24-16-25-23(21)28-27-19-14-8-3-9-15-19)26-20(17-10-4-1-5-11-17)18-12-6-2-7-13-18/h1-16,20,27H,(H2,24,25,26,28). The molecule has 0 fully saturated rings. The second kappa shape index (κ2) is 9.36. The summed E-state index contributed by atoms with van der Waals surface area (Å²) < 4.78 is 0. The first-order valence-electron chi connectivity index (χ1n) is 9.65. The zero-order valence-corrected chi connectivity index (χ0v) is 16.5. The minimum absolute atomic E-state index is 0.0613. The number of hydrogen-bond acceptors (Lipinski definition) is 7. The Labute approximate surface area is 179 Å². The van der Waals surface area contributed by atoms with Gasteiger partial charge in [0.25, 0.3) is 0 Å². The fraction of sp³-hybridized carbons (Fsp3) is 0.0435. The Morgan fingerprint density at radius 3 is 1.77 bits per heavy atom. The molecule has 8 nitrogen and oxygen atoms in total. The van der Waals surface area contributed by atoms with E-state index in [9.17, 15) is 10.1 Å². The largest absolute Gasteiger partial charge is 0.354 e. The number of nitro groups is 1. The SMILES string of the molecule is O=[N+]([O-])c1c(NNc2ccccc2)ncnc1NC(c1ccccc1)c1ccccc1. The van der Waals surface area contributed by atoms with Crippen molar-refractivity contribution < 1.29 is 4.92 Å². The summed E-state index contributed by atoms with van der Waals surface area (Å²) in [6.07, 6.45) is 1.29. The number of aromatic nitrogens is 2. The predicted molar refractivity (Wildman–Crippen MR) is 121 cm³/mol. The van der Waals surface area contributed by atoms with Gasteiger partial charge in [-0.2, -0.15) is 0 Å². The van der Waals surface area contributed by atoms with Crippen LogP contribution in [0.5, 0.6) is 0 Å². The van der Waals surface area contributed by atoms with E-state index in [1.54, 1.807) is 0 Å². The molecule has 8 heteroatoms. The van der Waals surface area contributed by atoms with E-state index in [4.69, 9.17) is 0 Å². The van der Waals surface area contributed by atoms with Crippen molar-refractivity contribution in [3.8, 4) is 0 Å². The van der Waals surface area contributed by atoms with Crippen LogP contribution in [0.15, 0.2) is 97.3 Å². The number of hydrazine groups is 1. The molecule has 154 valence electrons. The summed E-state index contributed by atoms with van der Waals surface area (Å²) in [5.74, 6) is 0.182. The van der Waals surface area contributed by atoms with Gasteiger partial charge in [-0.15, -0.1) is 0 Å². The van der Waals surface area contributed by atoms with Crippen LogP contribution in [0.2, 0.25) is 0 Å². The number of benzene rings is 3. The van der Waals surface area contributed by atoms with Gasteiger partial charge < -0.3 is 5.32 Å². The highest BCUT2D eigenvalue weighted by molar-refractivity contribution is 5.71. The summed E-state index contributed by atoms with van der Waals surface area (Å²) in [6, 6.07) is 28.4. The summed E-state index contributed by atoms with van der Waals surface area (Å²) in [4.78, 5) is 19.7. The summed E-state index contributed by atoms with van der Waals surface area (Å²) >= 11 is 0. The molecule has 1 heterocycles. The topological polar surface area (TPSA) is 105 Å². The van der Waals surface area contributed by atoms with E-state index in [2.05, 4.69) is 26.1 Å². The second-order valence-electron chi connectivity index (χ2n) is 6.69. The van der Waals surface area contributed by atoms with Crippen LogP contribution >= 0.6 is 0 Å². The molecule has 0 atom stereocenters.